The number of furan rings is 1. The first-order valence-corrected chi connectivity index (χ1v) is 8.64. The number of benzene rings is 1. The van der Waals surface area contributed by atoms with Crippen LogP contribution in [0.4, 0.5) is 0 Å². The van der Waals surface area contributed by atoms with Gasteiger partial charge in [-0.2, -0.15) is 4.98 Å². The standard InChI is InChI=1S/C19H20N4O3/c1-14-4-6-15(7-5-14)18-20-17(26-21-18)13-22-8-10-23(11-9-22)19(24)16-3-2-12-25-16/h2-7,12H,8-11,13H2,1H3. The van der Waals surface area contributed by atoms with Crippen molar-refractivity contribution in [2.45, 2.75) is 13.5 Å². The van der Waals surface area contributed by atoms with E-state index in [2.05, 4.69) is 15.0 Å². The number of nitrogens with zero attached hydrogens (tertiary/aromatic N) is 4. The smallest absolute Gasteiger partial charge is 0.289 e. The Kier molecular flexibility index (Phi) is 4.53. The van der Waals surface area contributed by atoms with Crippen LogP contribution in [0, 0.1) is 6.92 Å². The van der Waals surface area contributed by atoms with Crippen molar-refractivity contribution in [3.05, 3.63) is 59.9 Å². The van der Waals surface area contributed by atoms with Gasteiger partial charge in [0.1, 0.15) is 0 Å². The van der Waals surface area contributed by atoms with Crippen LogP contribution in [0.15, 0.2) is 51.6 Å². The van der Waals surface area contributed by atoms with Gasteiger partial charge in [0.25, 0.3) is 5.91 Å². The number of carbonyl (C=O) groups excluding carboxylic acids is 1. The summed E-state index contributed by atoms with van der Waals surface area (Å²) in [5, 5.41) is 4.07. The Bertz CT molecular complexity index is 863. The van der Waals surface area contributed by atoms with Gasteiger partial charge in [0.15, 0.2) is 5.76 Å². The number of piperazine rings is 1. The molecule has 0 spiro atoms. The average Bonchev–Trinajstić information content (AvgIpc) is 3.35. The molecule has 26 heavy (non-hydrogen) atoms. The molecule has 0 atom stereocenters. The summed E-state index contributed by atoms with van der Waals surface area (Å²) in [6.07, 6.45) is 1.52. The van der Waals surface area contributed by atoms with E-state index in [9.17, 15) is 4.79 Å². The normalized spacial score (nSPS) is 15.3. The molecule has 0 unspecified atom stereocenters. The average molecular weight is 352 g/mol. The molecule has 3 aromatic rings. The van der Waals surface area contributed by atoms with Crippen LogP contribution in [0.5, 0.6) is 0 Å². The Morgan fingerprint density at radius 3 is 2.58 bits per heavy atom. The van der Waals surface area contributed by atoms with E-state index in [1.807, 2.05) is 31.2 Å². The van der Waals surface area contributed by atoms with Crippen molar-refractivity contribution >= 4 is 5.91 Å². The summed E-state index contributed by atoms with van der Waals surface area (Å²) < 4.78 is 10.6. The lowest BCUT2D eigenvalue weighted by Crippen LogP contribution is -2.48. The zero-order valence-corrected chi connectivity index (χ0v) is 14.6. The summed E-state index contributed by atoms with van der Waals surface area (Å²) in [7, 11) is 0. The van der Waals surface area contributed by atoms with Crippen LogP contribution < -0.4 is 0 Å². The van der Waals surface area contributed by atoms with Crippen LogP contribution in [0.25, 0.3) is 11.4 Å². The minimum Gasteiger partial charge on any atom is -0.459 e. The zero-order chi connectivity index (χ0) is 17.9. The Balaban J connectivity index is 1.33. The maximum absolute atomic E-state index is 12.3. The lowest BCUT2D eigenvalue weighted by atomic mass is 10.1. The fourth-order valence-corrected chi connectivity index (χ4v) is 3.00. The van der Waals surface area contributed by atoms with Gasteiger partial charge in [0.05, 0.1) is 12.8 Å². The molecule has 4 rings (SSSR count). The lowest BCUT2D eigenvalue weighted by molar-refractivity contribution is 0.0585. The molecular weight excluding hydrogens is 332 g/mol. The summed E-state index contributed by atoms with van der Waals surface area (Å²) in [5.74, 6) is 1.52. The fourth-order valence-electron chi connectivity index (χ4n) is 3.00. The van der Waals surface area contributed by atoms with Crippen molar-refractivity contribution in [3.63, 3.8) is 0 Å². The second-order valence-electron chi connectivity index (χ2n) is 6.42. The molecule has 0 radical (unpaired) electrons. The highest BCUT2D eigenvalue weighted by molar-refractivity contribution is 5.91. The van der Waals surface area contributed by atoms with Crippen LogP contribution >= 0.6 is 0 Å². The van der Waals surface area contributed by atoms with Crippen LogP contribution in [-0.2, 0) is 6.54 Å². The van der Waals surface area contributed by atoms with E-state index >= 15 is 0 Å². The Morgan fingerprint density at radius 2 is 1.88 bits per heavy atom. The van der Waals surface area contributed by atoms with Gasteiger partial charge in [-0.1, -0.05) is 35.0 Å². The number of aryl methyl sites for hydroxylation is 1. The topological polar surface area (TPSA) is 75.6 Å². The summed E-state index contributed by atoms with van der Waals surface area (Å²) in [6, 6.07) is 11.5. The number of rotatable bonds is 4. The molecular formula is C19H20N4O3. The fraction of sp³-hybridized carbons (Fsp3) is 0.316. The number of aromatic nitrogens is 2. The predicted octanol–water partition coefficient (Wildman–Crippen LogP) is 2.60. The van der Waals surface area contributed by atoms with E-state index in [0.717, 1.165) is 18.7 Å². The first-order valence-electron chi connectivity index (χ1n) is 8.64. The van der Waals surface area contributed by atoms with Gasteiger partial charge >= 0.3 is 0 Å². The maximum atomic E-state index is 12.3. The molecule has 1 saturated heterocycles. The molecule has 0 bridgehead atoms. The van der Waals surface area contributed by atoms with Crippen molar-refractivity contribution in [3.8, 4) is 11.4 Å². The highest BCUT2D eigenvalue weighted by atomic mass is 16.5. The van der Waals surface area contributed by atoms with E-state index < -0.39 is 0 Å². The second-order valence-corrected chi connectivity index (χ2v) is 6.42. The van der Waals surface area contributed by atoms with E-state index in [1.54, 1.807) is 17.0 Å². The molecule has 1 aliphatic rings. The van der Waals surface area contributed by atoms with Gasteiger partial charge in [-0.05, 0) is 19.1 Å². The van der Waals surface area contributed by atoms with Crippen molar-refractivity contribution in [2.75, 3.05) is 26.2 Å². The van der Waals surface area contributed by atoms with Crippen LogP contribution in [-0.4, -0.2) is 52.0 Å². The van der Waals surface area contributed by atoms with Crippen LogP contribution in [0.2, 0.25) is 0 Å². The van der Waals surface area contributed by atoms with E-state index in [4.69, 9.17) is 8.94 Å². The second kappa shape index (κ2) is 7.13. The highest BCUT2D eigenvalue weighted by Gasteiger charge is 2.24. The Morgan fingerprint density at radius 1 is 1.12 bits per heavy atom. The van der Waals surface area contributed by atoms with E-state index in [0.29, 0.717) is 37.1 Å². The summed E-state index contributed by atoms with van der Waals surface area (Å²) >= 11 is 0. The number of hydrogen-bond donors (Lipinski definition) is 0. The van der Waals surface area contributed by atoms with Crippen LogP contribution in [0.3, 0.4) is 0 Å². The minimum absolute atomic E-state index is 0.0610. The van der Waals surface area contributed by atoms with Gasteiger partial charge in [0.2, 0.25) is 11.7 Å². The molecule has 7 nitrogen and oxygen atoms in total. The van der Waals surface area contributed by atoms with Crippen molar-refractivity contribution < 1.29 is 13.7 Å². The molecule has 7 heteroatoms. The number of hydrogen-bond acceptors (Lipinski definition) is 6. The lowest BCUT2D eigenvalue weighted by Gasteiger charge is -2.33. The zero-order valence-electron chi connectivity index (χ0n) is 14.6. The molecule has 2 aromatic heterocycles. The predicted molar refractivity (Wildman–Crippen MR) is 94.4 cm³/mol. The first kappa shape index (κ1) is 16.5. The Hall–Kier alpha value is -2.93. The van der Waals surface area contributed by atoms with Crippen molar-refractivity contribution in [1.29, 1.82) is 0 Å². The summed E-state index contributed by atoms with van der Waals surface area (Å²) in [6.45, 7) is 5.45. The summed E-state index contributed by atoms with van der Waals surface area (Å²) in [5.41, 5.74) is 2.14. The van der Waals surface area contributed by atoms with Crippen LogP contribution in [0.1, 0.15) is 22.0 Å². The van der Waals surface area contributed by atoms with Gasteiger partial charge in [-0.15, -0.1) is 0 Å². The first-order chi connectivity index (χ1) is 12.7. The van der Waals surface area contributed by atoms with Gasteiger partial charge < -0.3 is 13.8 Å². The molecule has 1 fully saturated rings. The van der Waals surface area contributed by atoms with E-state index in [1.165, 1.54) is 11.8 Å². The molecule has 3 heterocycles. The maximum Gasteiger partial charge on any atom is 0.289 e. The quantitative estimate of drug-likeness (QED) is 0.718. The number of amides is 1. The largest absolute Gasteiger partial charge is 0.459 e. The SMILES string of the molecule is Cc1ccc(-c2noc(CN3CCN(C(=O)c4ccco4)CC3)n2)cc1. The Labute approximate surface area is 151 Å². The van der Waals surface area contributed by atoms with Gasteiger partial charge in [-0.3, -0.25) is 9.69 Å². The molecule has 0 aliphatic carbocycles. The molecule has 1 aliphatic heterocycles. The minimum atomic E-state index is -0.0610. The summed E-state index contributed by atoms with van der Waals surface area (Å²) in [4.78, 5) is 20.8. The van der Waals surface area contributed by atoms with E-state index in [-0.39, 0.29) is 5.91 Å². The third-order valence-corrected chi connectivity index (χ3v) is 4.53. The van der Waals surface area contributed by atoms with Gasteiger partial charge in [-0.25, -0.2) is 0 Å². The molecule has 1 amide bonds. The number of carbonyl (C=O) groups is 1. The monoisotopic (exact) mass is 352 g/mol. The molecule has 134 valence electrons. The third-order valence-electron chi connectivity index (χ3n) is 4.53. The molecule has 0 N–H and O–H groups in total. The van der Waals surface area contributed by atoms with Crippen molar-refractivity contribution in [2.24, 2.45) is 0 Å². The molecule has 0 saturated carbocycles. The molecule has 1 aromatic carbocycles. The van der Waals surface area contributed by atoms with Crippen molar-refractivity contribution in [1.82, 2.24) is 19.9 Å². The third kappa shape index (κ3) is 3.52. The highest BCUT2D eigenvalue weighted by Crippen LogP contribution is 2.17. The van der Waals surface area contributed by atoms with Gasteiger partial charge in [0, 0.05) is 31.7 Å².